The van der Waals surface area contributed by atoms with Crippen LogP contribution in [0.4, 0.5) is 0 Å². The van der Waals surface area contributed by atoms with Crippen molar-refractivity contribution in [1.82, 2.24) is 0 Å². The van der Waals surface area contributed by atoms with Gasteiger partial charge in [0.25, 0.3) is 0 Å². The lowest BCUT2D eigenvalue weighted by Gasteiger charge is -2.42. The number of hydrogen-bond donors (Lipinski definition) is 10. The molecular formula is C73H186O25Si15. The maximum absolute atomic E-state index is 9.34. The maximum atomic E-state index is 9.34. The molecule has 0 aliphatic carbocycles. The molecule has 0 aromatic heterocycles. The third kappa shape index (κ3) is 84.9. The molecule has 0 saturated heterocycles. The third-order valence-corrected chi connectivity index (χ3v) is 63.7. The van der Waals surface area contributed by atoms with Crippen LogP contribution in [0, 0.1) is 5.92 Å². The van der Waals surface area contributed by atoms with E-state index in [0.717, 1.165) is 82.0 Å². The minimum atomic E-state index is -2.28. The fraction of sp³-hybridized carbons (Fsp3) is 1.00. The van der Waals surface area contributed by atoms with Crippen LogP contribution in [-0.4, -0.2) is 306 Å². The van der Waals surface area contributed by atoms with E-state index in [0.29, 0.717) is 37.9 Å². The highest BCUT2D eigenvalue weighted by molar-refractivity contribution is 6.91. The highest BCUT2D eigenvalue weighted by atomic mass is 28.5. The molecule has 113 heavy (non-hydrogen) atoms. The van der Waals surface area contributed by atoms with E-state index in [1.807, 2.05) is 6.92 Å². The fourth-order valence-electron chi connectivity index (χ4n) is 12.3. The van der Waals surface area contributed by atoms with E-state index in [1.165, 1.54) is 0 Å². The largest absolute Gasteiger partial charge is 0.437 e. The molecule has 8 atom stereocenters. The van der Waals surface area contributed by atoms with Crippen LogP contribution in [0.5, 0.6) is 0 Å². The number of aliphatic hydroxyl groups excluding tert-OH is 10. The Kier molecular flexibility index (Phi) is 64.1. The van der Waals surface area contributed by atoms with Gasteiger partial charge >= 0.3 is 42.8 Å². The van der Waals surface area contributed by atoms with E-state index in [1.54, 1.807) is 0 Å². The lowest BCUT2D eigenvalue weighted by Crippen LogP contribution is -2.55. The van der Waals surface area contributed by atoms with Crippen molar-refractivity contribution in [2.75, 3.05) is 92.5 Å². The second-order valence-corrected chi connectivity index (χ2v) is 106. The van der Waals surface area contributed by atoms with Gasteiger partial charge in [0.05, 0.1) is 72.2 Å². The van der Waals surface area contributed by atoms with Crippen molar-refractivity contribution >= 4 is 126 Å². The van der Waals surface area contributed by atoms with Gasteiger partial charge in [0.2, 0.25) is 0 Å². The highest BCUT2D eigenvalue weighted by Crippen LogP contribution is 2.35. The van der Waals surface area contributed by atoms with Crippen molar-refractivity contribution in [2.24, 2.45) is 5.92 Å². The number of rotatable bonds is 60. The van der Waals surface area contributed by atoms with Crippen molar-refractivity contribution < 1.29 is 116 Å². The molecule has 0 aromatic rings. The molecule has 10 N–H and O–H groups in total. The summed E-state index contributed by atoms with van der Waals surface area (Å²) in [7, 11) is -27.4. The van der Waals surface area contributed by atoms with E-state index >= 15 is 0 Å². The minimum Gasteiger partial charge on any atom is -0.437 e. The van der Waals surface area contributed by atoms with Crippen molar-refractivity contribution in [3.8, 4) is 0 Å². The molecular weight excluding hydrogens is 1700 g/mol. The summed E-state index contributed by atoms with van der Waals surface area (Å²) in [6, 6.07) is 3.86. The van der Waals surface area contributed by atoms with Crippen LogP contribution in [0.1, 0.15) is 78.6 Å². The first-order valence-electron chi connectivity index (χ1n) is 41.9. The molecule has 0 spiro atoms. The second kappa shape index (κ2) is 58.5. The fourth-order valence-corrected chi connectivity index (χ4v) is 75.6. The van der Waals surface area contributed by atoms with Crippen LogP contribution < -0.4 is 0 Å². The first-order valence-corrected chi connectivity index (χ1v) is 88.5. The third-order valence-electron chi connectivity index (χ3n) is 14.9. The monoisotopic (exact) mass is 1880 g/mol. The van der Waals surface area contributed by atoms with Gasteiger partial charge in [0.15, 0.2) is 83.2 Å². The van der Waals surface area contributed by atoms with Crippen LogP contribution in [-0.2, 0) is 64.8 Å². The Bertz CT molecular complexity index is 2230. The molecule has 25 nitrogen and oxygen atoms in total. The first-order chi connectivity index (χ1) is 50.6. The molecule has 0 heterocycles. The minimum absolute atomic E-state index is 0.0171. The van der Waals surface area contributed by atoms with Crippen LogP contribution in [0.3, 0.4) is 0 Å². The van der Waals surface area contributed by atoms with Gasteiger partial charge in [-0.25, -0.2) is 0 Å². The zero-order valence-corrected chi connectivity index (χ0v) is 94.8. The molecule has 0 amide bonds. The van der Waals surface area contributed by atoms with Gasteiger partial charge in [-0.15, -0.1) is 0 Å². The van der Waals surface area contributed by atoms with Gasteiger partial charge in [-0.05, 0) is 292 Å². The van der Waals surface area contributed by atoms with Crippen LogP contribution >= 0.6 is 0 Å². The van der Waals surface area contributed by atoms with E-state index in [2.05, 4.69) is 243 Å². The first kappa shape index (κ1) is 124. The average molecular weight is 1890 g/mol. The van der Waals surface area contributed by atoms with Crippen LogP contribution in [0.2, 0.25) is 259 Å². The quantitative estimate of drug-likeness (QED) is 0.0200. The summed E-state index contributed by atoms with van der Waals surface area (Å²) in [6.45, 7) is 85.7. The van der Waals surface area contributed by atoms with Crippen molar-refractivity contribution in [3.05, 3.63) is 0 Å². The predicted octanol–water partition coefficient (Wildman–Crippen LogP) is 15.6. The molecule has 0 bridgehead atoms. The Morgan fingerprint density at radius 3 is 0.761 bits per heavy atom. The molecule has 0 aliphatic heterocycles. The van der Waals surface area contributed by atoms with E-state index in [-0.39, 0.29) is 72.2 Å². The van der Waals surface area contributed by atoms with Gasteiger partial charge in [-0.1, -0.05) is 46.0 Å². The van der Waals surface area contributed by atoms with Crippen molar-refractivity contribution in [2.45, 2.75) is 374 Å². The lowest BCUT2D eigenvalue weighted by molar-refractivity contribution is -0.0238. The van der Waals surface area contributed by atoms with Gasteiger partial charge in [-0.3, -0.25) is 0 Å². The summed E-state index contributed by atoms with van der Waals surface area (Å²) in [5.41, 5.74) is 0.317. The topological polar surface area (TPSA) is 341 Å². The summed E-state index contributed by atoms with van der Waals surface area (Å²) in [5, 5.41) is 90.1. The van der Waals surface area contributed by atoms with Gasteiger partial charge in [0, 0.05) is 32.0 Å². The van der Waals surface area contributed by atoms with Crippen molar-refractivity contribution in [3.63, 3.8) is 0 Å². The summed E-state index contributed by atoms with van der Waals surface area (Å²) in [6.07, 6.45) is 5.29. The van der Waals surface area contributed by atoms with Crippen molar-refractivity contribution in [1.29, 1.82) is 0 Å². The van der Waals surface area contributed by atoms with Gasteiger partial charge < -0.3 is 116 Å². The smallest absolute Gasteiger partial charge is 0.317 e. The molecule has 40 heteroatoms. The SMILES string of the molecule is CC(CCOCC(O)CO)[Si](C)(O[Si](C)(C)C)O[Si](C)(C)C.CC(CC[Si](C)(O[Si](C)(C)C)O[Si](C)(C)C)OCC(O)CO.CC(COCC(O)CO)C[Si](C)(O[Si](C)(C)C)O[Si](C)(C)C.C[Si](C)(C)O[Si](C)(CCCCCCOCC(O)CO)O[Si](C)(C)C.C[Si](C)(C)O[Si](C)(CCCCCOCC(O)CO)O[Si](C)(C)C. The predicted molar refractivity (Wildman–Crippen MR) is 506 cm³/mol. The Labute approximate surface area is 709 Å². The van der Waals surface area contributed by atoms with Crippen LogP contribution in [0.25, 0.3) is 0 Å². The molecule has 0 aromatic carbocycles. The number of ether oxygens (including phenoxy) is 5. The number of unbranched alkanes of at least 4 members (excludes halogenated alkanes) is 5. The molecule has 0 rings (SSSR count). The molecule has 688 valence electrons. The Balaban J connectivity index is -0.000000430. The van der Waals surface area contributed by atoms with Gasteiger partial charge in [0.1, 0.15) is 30.5 Å². The molecule has 0 saturated carbocycles. The summed E-state index contributed by atoms with van der Waals surface area (Å²) < 4.78 is 91.9. The summed E-state index contributed by atoms with van der Waals surface area (Å²) >= 11 is 0. The molecule has 0 radical (unpaired) electrons. The standard InChI is InChI=1S/C16H40O5Si3.C15H38O5Si3.3C14H36O5Si3/c1-22(2,3)20-24(7,21-23(4,5)6)13-11-9-8-10-12-19-15-16(18)14-17;1-21(2,3)19-23(7,20-22(4,5)6)12-10-8-9-11-18-14-15(17)13-16;1-13(10-17-11-14(16)9-15)12-22(8,18-20(2,3)4)19-21(5,6)7;1-13(17-12-14(16)11-15)9-10-22(8,18-20(2,3)4)19-21(5,6)7;1-13(9-10-17-12-14(16)11-15)22(8,18-20(2,3)4)19-21(5,6)7/h16-18H,8-15H2,1-7H3;15-17H,8-14H2,1-7H3;3*13-16H,9-12H2,1-8H3. The highest BCUT2D eigenvalue weighted by Gasteiger charge is 2.47. The Morgan fingerprint density at radius 1 is 0.239 bits per heavy atom. The number of aliphatic hydroxyl groups is 10. The Morgan fingerprint density at radius 2 is 0.478 bits per heavy atom. The molecule has 8 unspecified atom stereocenters. The van der Waals surface area contributed by atoms with E-state index < -0.39 is 156 Å². The normalized spacial score (nSPS) is 15.9. The number of hydrogen-bond acceptors (Lipinski definition) is 25. The summed E-state index contributed by atoms with van der Waals surface area (Å²) in [5.74, 6) is 0.301. The zero-order valence-electron chi connectivity index (χ0n) is 79.8. The average Bonchev–Trinajstić information content (AvgIpc) is 0.847. The summed E-state index contributed by atoms with van der Waals surface area (Å²) in [4.78, 5) is 0. The zero-order chi connectivity index (χ0) is 89.8. The van der Waals surface area contributed by atoms with E-state index in [4.69, 9.17) is 90.4 Å². The molecule has 0 aliphatic rings. The lowest BCUT2D eigenvalue weighted by atomic mass is 10.2. The van der Waals surface area contributed by atoms with Crippen LogP contribution in [0.15, 0.2) is 0 Å². The van der Waals surface area contributed by atoms with E-state index in [9.17, 15) is 25.5 Å². The second-order valence-electron chi connectivity index (χ2n) is 41.3. The Hall–Kier alpha value is 2.25. The molecule has 0 fully saturated rings. The van der Waals surface area contributed by atoms with Gasteiger partial charge in [-0.2, -0.15) is 0 Å². The maximum Gasteiger partial charge on any atom is 0.317 e.